The van der Waals surface area contributed by atoms with Gasteiger partial charge in [0.15, 0.2) is 0 Å². The first-order valence-electron chi connectivity index (χ1n) is 8.45. The standard InChI is InChI=1S/C17H22N4O3S/c1-12-15(25-11-18-12)4-5-16(22)20-8-2-3-13(9-20)14-6-7-19-21(14)10-17(23)24/h6-7,11,13H,2-5,8-10H2,1H3,(H,23,24)/t13-/m0/s1. The number of thiazole rings is 1. The van der Waals surface area contributed by atoms with Crippen molar-refractivity contribution in [3.63, 3.8) is 0 Å². The number of aliphatic carboxylic acids is 1. The molecule has 0 saturated carbocycles. The van der Waals surface area contributed by atoms with Gasteiger partial charge in [-0.25, -0.2) is 4.98 Å². The van der Waals surface area contributed by atoms with Gasteiger partial charge in [-0.2, -0.15) is 5.10 Å². The number of piperidine rings is 1. The Morgan fingerprint density at radius 2 is 2.28 bits per heavy atom. The lowest BCUT2D eigenvalue weighted by Crippen LogP contribution is -2.39. The van der Waals surface area contributed by atoms with E-state index < -0.39 is 5.97 Å². The van der Waals surface area contributed by atoms with E-state index in [4.69, 9.17) is 5.11 Å². The number of likely N-dealkylation sites (tertiary alicyclic amines) is 1. The van der Waals surface area contributed by atoms with E-state index in [0.29, 0.717) is 13.0 Å². The summed E-state index contributed by atoms with van der Waals surface area (Å²) in [5, 5.41) is 13.1. The first-order valence-corrected chi connectivity index (χ1v) is 9.33. The molecule has 1 saturated heterocycles. The van der Waals surface area contributed by atoms with E-state index >= 15 is 0 Å². The van der Waals surface area contributed by atoms with Gasteiger partial charge in [-0.05, 0) is 32.3 Å². The predicted octanol–water partition coefficient (Wildman–Crippen LogP) is 2.07. The molecule has 0 aliphatic carbocycles. The van der Waals surface area contributed by atoms with E-state index in [1.165, 1.54) is 9.56 Å². The van der Waals surface area contributed by atoms with Gasteiger partial charge in [0.05, 0.1) is 11.2 Å². The minimum atomic E-state index is -0.909. The third kappa shape index (κ3) is 4.25. The lowest BCUT2D eigenvalue weighted by Gasteiger charge is -2.33. The van der Waals surface area contributed by atoms with Crippen LogP contribution in [0.5, 0.6) is 0 Å². The van der Waals surface area contributed by atoms with Crippen LogP contribution in [0.15, 0.2) is 17.8 Å². The lowest BCUT2D eigenvalue weighted by atomic mass is 9.94. The maximum Gasteiger partial charge on any atom is 0.325 e. The first kappa shape index (κ1) is 17.6. The Bertz CT molecular complexity index is 755. The number of aromatic nitrogens is 3. The largest absolute Gasteiger partial charge is 0.480 e. The highest BCUT2D eigenvalue weighted by Crippen LogP contribution is 2.27. The van der Waals surface area contributed by atoms with Crippen LogP contribution in [-0.4, -0.2) is 49.7 Å². The summed E-state index contributed by atoms with van der Waals surface area (Å²) in [6, 6.07) is 1.86. The van der Waals surface area contributed by atoms with Gasteiger partial charge in [0.1, 0.15) is 6.54 Å². The van der Waals surface area contributed by atoms with Crippen LogP contribution in [0.2, 0.25) is 0 Å². The monoisotopic (exact) mass is 362 g/mol. The smallest absolute Gasteiger partial charge is 0.325 e. The normalized spacial score (nSPS) is 17.6. The van der Waals surface area contributed by atoms with Crippen molar-refractivity contribution in [3.8, 4) is 0 Å². The molecule has 2 aromatic heterocycles. The maximum absolute atomic E-state index is 12.6. The molecule has 1 N–H and O–H groups in total. The van der Waals surface area contributed by atoms with Gasteiger partial charge in [0.2, 0.25) is 5.91 Å². The number of nitrogens with zero attached hydrogens (tertiary/aromatic N) is 4. The van der Waals surface area contributed by atoms with Crippen LogP contribution in [0.25, 0.3) is 0 Å². The molecule has 7 nitrogen and oxygen atoms in total. The number of hydrogen-bond donors (Lipinski definition) is 1. The number of carboxylic acids is 1. The van der Waals surface area contributed by atoms with Crippen molar-refractivity contribution in [1.29, 1.82) is 0 Å². The SMILES string of the molecule is Cc1ncsc1CCC(=O)N1CCC[C@H](c2ccnn2CC(=O)O)C1. The Morgan fingerprint density at radius 1 is 1.44 bits per heavy atom. The van der Waals surface area contributed by atoms with Crippen LogP contribution >= 0.6 is 11.3 Å². The molecule has 0 unspecified atom stereocenters. The first-order chi connectivity index (χ1) is 12.0. The predicted molar refractivity (Wildman–Crippen MR) is 93.6 cm³/mol. The van der Waals surface area contributed by atoms with Gasteiger partial charge in [0, 0.05) is 42.2 Å². The fourth-order valence-electron chi connectivity index (χ4n) is 3.34. The average Bonchev–Trinajstić information content (AvgIpc) is 3.21. The summed E-state index contributed by atoms with van der Waals surface area (Å²) < 4.78 is 1.53. The summed E-state index contributed by atoms with van der Waals surface area (Å²) in [5.74, 6) is -0.611. The second-order valence-corrected chi connectivity index (χ2v) is 7.29. The summed E-state index contributed by atoms with van der Waals surface area (Å²) in [6.45, 7) is 3.23. The molecule has 1 amide bonds. The Kier molecular flexibility index (Phi) is 5.47. The minimum Gasteiger partial charge on any atom is -0.480 e. The fraction of sp³-hybridized carbons (Fsp3) is 0.529. The van der Waals surface area contributed by atoms with Crippen molar-refractivity contribution < 1.29 is 14.7 Å². The molecule has 3 heterocycles. The van der Waals surface area contributed by atoms with Crippen molar-refractivity contribution in [1.82, 2.24) is 19.7 Å². The zero-order chi connectivity index (χ0) is 17.8. The summed E-state index contributed by atoms with van der Waals surface area (Å²) in [6.07, 6.45) is 4.72. The summed E-state index contributed by atoms with van der Waals surface area (Å²) in [5.41, 5.74) is 3.72. The van der Waals surface area contributed by atoms with Gasteiger partial charge >= 0.3 is 5.97 Å². The number of carbonyl (C=O) groups is 2. The van der Waals surface area contributed by atoms with E-state index in [-0.39, 0.29) is 18.4 Å². The quantitative estimate of drug-likeness (QED) is 0.850. The molecule has 2 aromatic rings. The molecule has 0 radical (unpaired) electrons. The van der Waals surface area contributed by atoms with Gasteiger partial charge in [-0.15, -0.1) is 11.3 Å². The van der Waals surface area contributed by atoms with Crippen molar-refractivity contribution in [2.45, 2.75) is 45.1 Å². The van der Waals surface area contributed by atoms with Crippen LogP contribution in [0.3, 0.4) is 0 Å². The minimum absolute atomic E-state index is 0.141. The van der Waals surface area contributed by atoms with E-state index in [1.54, 1.807) is 17.5 Å². The van der Waals surface area contributed by atoms with Gasteiger partial charge in [0.25, 0.3) is 0 Å². The number of carbonyl (C=O) groups excluding carboxylic acids is 1. The van der Waals surface area contributed by atoms with Crippen LogP contribution < -0.4 is 0 Å². The molecular formula is C17H22N4O3S. The third-order valence-electron chi connectivity index (χ3n) is 4.64. The molecule has 1 fully saturated rings. The summed E-state index contributed by atoms with van der Waals surface area (Å²) in [4.78, 5) is 30.8. The van der Waals surface area contributed by atoms with Crippen molar-refractivity contribution >= 4 is 23.2 Å². The van der Waals surface area contributed by atoms with E-state index in [2.05, 4.69) is 10.1 Å². The van der Waals surface area contributed by atoms with Crippen LogP contribution in [0.4, 0.5) is 0 Å². The highest BCUT2D eigenvalue weighted by molar-refractivity contribution is 7.09. The molecule has 3 rings (SSSR count). The molecule has 1 atom stereocenters. The van der Waals surface area contributed by atoms with Gasteiger partial charge in [-0.3, -0.25) is 14.3 Å². The third-order valence-corrected chi connectivity index (χ3v) is 5.63. The molecular weight excluding hydrogens is 340 g/mol. The lowest BCUT2D eigenvalue weighted by molar-refractivity contribution is -0.138. The van der Waals surface area contributed by atoms with Crippen LogP contribution in [0, 0.1) is 6.92 Å². The Hall–Kier alpha value is -2.22. The highest BCUT2D eigenvalue weighted by atomic mass is 32.1. The van der Waals surface area contributed by atoms with Gasteiger partial charge in [-0.1, -0.05) is 0 Å². The molecule has 25 heavy (non-hydrogen) atoms. The Morgan fingerprint density at radius 3 is 3.00 bits per heavy atom. The average molecular weight is 362 g/mol. The highest BCUT2D eigenvalue weighted by Gasteiger charge is 2.27. The Balaban J connectivity index is 1.61. The summed E-state index contributed by atoms with van der Waals surface area (Å²) >= 11 is 1.60. The maximum atomic E-state index is 12.6. The van der Waals surface area contributed by atoms with Crippen LogP contribution in [0.1, 0.15) is 41.4 Å². The number of rotatable bonds is 6. The number of carboxylic acid groups (broad SMARTS) is 1. The molecule has 8 heteroatoms. The second-order valence-electron chi connectivity index (χ2n) is 6.35. The van der Waals surface area contributed by atoms with E-state index in [1.807, 2.05) is 23.4 Å². The van der Waals surface area contributed by atoms with E-state index in [0.717, 1.165) is 37.2 Å². The zero-order valence-corrected chi connectivity index (χ0v) is 15.0. The number of aryl methyl sites for hydroxylation is 2. The number of amides is 1. The second kappa shape index (κ2) is 7.77. The molecule has 0 spiro atoms. The van der Waals surface area contributed by atoms with Crippen LogP contribution in [-0.2, 0) is 22.6 Å². The Labute approximate surface area is 150 Å². The van der Waals surface area contributed by atoms with Crippen molar-refractivity contribution in [2.24, 2.45) is 0 Å². The topological polar surface area (TPSA) is 88.3 Å². The van der Waals surface area contributed by atoms with E-state index in [9.17, 15) is 9.59 Å². The molecule has 1 aliphatic heterocycles. The molecule has 1 aliphatic rings. The van der Waals surface area contributed by atoms with Crippen molar-refractivity contribution in [2.75, 3.05) is 13.1 Å². The van der Waals surface area contributed by atoms with Crippen molar-refractivity contribution in [3.05, 3.63) is 34.0 Å². The summed E-state index contributed by atoms with van der Waals surface area (Å²) in [7, 11) is 0. The fourth-order valence-corrected chi connectivity index (χ4v) is 4.12. The molecule has 0 aromatic carbocycles. The number of hydrogen-bond acceptors (Lipinski definition) is 5. The van der Waals surface area contributed by atoms with Gasteiger partial charge < -0.3 is 10.0 Å². The molecule has 134 valence electrons. The molecule has 0 bridgehead atoms. The zero-order valence-electron chi connectivity index (χ0n) is 14.2.